The van der Waals surface area contributed by atoms with Gasteiger partial charge in [0.15, 0.2) is 0 Å². The topological polar surface area (TPSA) is 26.0 Å². The second-order valence-electron chi connectivity index (χ2n) is 1.14. The molecule has 0 saturated carbocycles. The Balaban J connectivity index is 0. The Bertz CT molecular complexity index is 18.3. The van der Waals surface area contributed by atoms with Gasteiger partial charge in [0.1, 0.15) is 0 Å². The predicted molar refractivity (Wildman–Crippen MR) is 31.5 cm³/mol. The van der Waals surface area contributed by atoms with E-state index in [1.54, 1.807) is 0 Å². The molecule has 0 amide bonds. The van der Waals surface area contributed by atoms with E-state index in [9.17, 15) is 0 Å². The molecule has 0 radical (unpaired) electrons. The number of nitrogens with two attached hydrogens (primary N) is 1. The van der Waals surface area contributed by atoms with Gasteiger partial charge in [-0.25, -0.2) is 0 Å². The van der Waals surface area contributed by atoms with E-state index in [0.717, 1.165) is 55.5 Å². The van der Waals surface area contributed by atoms with Crippen LogP contribution in [0.15, 0.2) is 0 Å². The Morgan fingerprint density at radius 1 is 1.50 bits per heavy atom. The molecule has 3 heteroatoms. The second-order valence-corrected chi connectivity index (χ2v) is 2.70. The summed E-state index contributed by atoms with van der Waals surface area (Å²) in [5.41, 5.74) is 5.17. The molecule has 0 aliphatic rings. The van der Waals surface area contributed by atoms with Crippen molar-refractivity contribution in [1.29, 1.82) is 0 Å². The van der Waals surface area contributed by atoms with Gasteiger partial charge < -0.3 is 0 Å². The van der Waals surface area contributed by atoms with E-state index in [1.165, 1.54) is 6.94 Å². The molecule has 0 heterocycles. The summed E-state index contributed by atoms with van der Waals surface area (Å²) < 4.78 is 1.41. The van der Waals surface area contributed by atoms with Gasteiger partial charge in [0.25, 0.3) is 0 Å². The van der Waals surface area contributed by atoms with Crippen molar-refractivity contribution in [2.45, 2.75) is 6.94 Å². The van der Waals surface area contributed by atoms with Crippen molar-refractivity contribution >= 4 is 61.4 Å². The van der Waals surface area contributed by atoms with Gasteiger partial charge in [-0.3, -0.25) is 0 Å². The first-order valence-corrected chi connectivity index (χ1v) is 4.32. The molecule has 1 nitrogen and oxygen atoms in total. The Kier molecular flexibility index (Phi) is 18.0. The normalized spacial score (nSPS) is 7.17. The van der Waals surface area contributed by atoms with Crippen LogP contribution in [0.3, 0.4) is 0 Å². The first-order chi connectivity index (χ1) is 2.41. The van der Waals surface area contributed by atoms with Crippen LogP contribution < -0.4 is 5.73 Å². The van der Waals surface area contributed by atoms with E-state index in [1.807, 2.05) is 0 Å². The van der Waals surface area contributed by atoms with Gasteiger partial charge in [-0.15, -0.1) is 12.4 Å². The molecule has 0 rings (SSSR count). The summed E-state index contributed by atoms with van der Waals surface area (Å²) in [7, 11) is 0. The average Bonchev–Trinajstić information content (AvgIpc) is 1.41. The molecule has 2 N–H and O–H groups in total. The van der Waals surface area contributed by atoms with Crippen molar-refractivity contribution in [2.24, 2.45) is 5.73 Å². The number of hydrogen-bond acceptors (Lipinski definition) is 1. The summed E-state index contributed by atoms with van der Waals surface area (Å²) in [5.74, 6) is 0. The van der Waals surface area contributed by atoms with Crippen LogP contribution in [-0.4, -0.2) is 55.5 Å². The van der Waals surface area contributed by atoms with Crippen LogP contribution in [0.2, 0.25) is 0.515 Å². The number of hydrogen-bond donors (Lipinski definition) is 1. The summed E-state index contributed by atoms with van der Waals surface area (Å²) in [5, 5.41) is 0. The number of halogens is 1. The van der Waals surface area contributed by atoms with E-state index in [2.05, 4.69) is 0 Å². The fourth-order valence-corrected chi connectivity index (χ4v) is 0.842. The van der Waals surface area contributed by atoms with Gasteiger partial charge in [-0.2, -0.15) is 0 Å². The minimum atomic E-state index is 0. The van der Waals surface area contributed by atoms with Crippen LogP contribution >= 0.6 is 12.4 Å². The zero-order valence-electron chi connectivity index (χ0n) is 4.11. The van der Waals surface area contributed by atoms with E-state index >= 15 is 0 Å². The Morgan fingerprint density at radius 3 is 2.00 bits per heavy atom. The molecule has 34 valence electrons. The van der Waals surface area contributed by atoms with Crippen LogP contribution in [0.25, 0.3) is 0 Å². The van der Waals surface area contributed by atoms with Crippen molar-refractivity contribution in [3.63, 3.8) is 0 Å². The third-order valence-corrected chi connectivity index (χ3v) is 1.66. The SMILES string of the molecule is Cl.NCC[CH2][K]. The molecular weight excluding hydrogens is 125 g/mol. The molecule has 0 aliphatic heterocycles. The summed E-state index contributed by atoms with van der Waals surface area (Å²) >= 11 is 1.03. The van der Waals surface area contributed by atoms with Gasteiger partial charge >= 0.3 is 68.2 Å². The molecule has 0 atom stereocenters. The maximum absolute atomic E-state index is 5.17. The van der Waals surface area contributed by atoms with Gasteiger partial charge in [0.2, 0.25) is 0 Å². The number of rotatable bonds is 2. The molecule has 0 fully saturated rings. The molecular formula is C3H9ClKN. The molecule has 0 aromatic rings. The molecule has 0 aromatic heterocycles. The van der Waals surface area contributed by atoms with E-state index in [0.29, 0.717) is 0 Å². The summed E-state index contributed by atoms with van der Waals surface area (Å²) in [4.78, 5) is 0. The standard InChI is InChI=1S/C3H8N.ClH.K/c1-2-3-4;;/h1-4H2;1H;. The Labute approximate surface area is 79.0 Å². The monoisotopic (exact) mass is 133 g/mol. The maximum atomic E-state index is 5.17. The quantitative estimate of drug-likeness (QED) is 0.541. The Morgan fingerprint density at radius 2 is 2.00 bits per heavy atom. The van der Waals surface area contributed by atoms with Crippen molar-refractivity contribution < 1.29 is 0 Å². The molecule has 0 saturated heterocycles. The van der Waals surface area contributed by atoms with Crippen LogP contribution in [0.4, 0.5) is 0 Å². The fourth-order valence-electron chi connectivity index (χ4n) is 0.204. The minimum absolute atomic E-state index is 0. The zero-order chi connectivity index (χ0) is 4.12. The second kappa shape index (κ2) is 9.99. The predicted octanol–water partition coefficient (Wildman–Crippen LogP) is 0.344. The van der Waals surface area contributed by atoms with Crippen molar-refractivity contribution in [2.75, 3.05) is 6.54 Å². The summed E-state index contributed by atoms with van der Waals surface area (Å²) in [6.45, 7) is 0.891. The first-order valence-electron chi connectivity index (χ1n) is 2.12. The van der Waals surface area contributed by atoms with E-state index < -0.39 is 0 Å². The molecule has 0 unspecified atom stereocenters. The third-order valence-electron chi connectivity index (χ3n) is 0.558. The van der Waals surface area contributed by atoms with E-state index in [4.69, 9.17) is 5.73 Å². The van der Waals surface area contributed by atoms with Crippen molar-refractivity contribution in [3.8, 4) is 0 Å². The van der Waals surface area contributed by atoms with Crippen LogP contribution in [0, 0.1) is 0 Å². The van der Waals surface area contributed by atoms with Gasteiger partial charge in [0, 0.05) is 0 Å². The first kappa shape index (κ1) is 10.8. The molecule has 0 aromatic carbocycles. The van der Waals surface area contributed by atoms with Crippen LogP contribution in [-0.2, 0) is 0 Å². The molecule has 6 heavy (non-hydrogen) atoms. The van der Waals surface area contributed by atoms with Crippen LogP contribution in [0.1, 0.15) is 6.42 Å². The van der Waals surface area contributed by atoms with Crippen LogP contribution in [0.5, 0.6) is 0 Å². The summed E-state index contributed by atoms with van der Waals surface area (Å²) in [6.07, 6.45) is 1.25. The van der Waals surface area contributed by atoms with E-state index in [-0.39, 0.29) is 12.4 Å². The third kappa shape index (κ3) is 9.31. The van der Waals surface area contributed by atoms with Gasteiger partial charge in [-0.1, -0.05) is 0 Å². The fraction of sp³-hybridized carbons (Fsp3) is 1.00. The molecule has 0 aliphatic carbocycles. The van der Waals surface area contributed by atoms with Gasteiger partial charge in [0.05, 0.1) is 0 Å². The van der Waals surface area contributed by atoms with Gasteiger partial charge in [-0.05, 0) is 0 Å². The Hall–Kier alpha value is 1.89. The average molecular weight is 134 g/mol. The zero-order valence-corrected chi connectivity index (χ0v) is 8.05. The molecule has 0 spiro atoms. The van der Waals surface area contributed by atoms with Crippen molar-refractivity contribution in [3.05, 3.63) is 0 Å². The summed E-state index contributed by atoms with van der Waals surface area (Å²) in [6, 6.07) is 0. The van der Waals surface area contributed by atoms with Crippen molar-refractivity contribution in [1.82, 2.24) is 0 Å². The molecule has 0 bridgehead atoms.